The topological polar surface area (TPSA) is 35.5 Å². The second kappa shape index (κ2) is 8.35. The molecule has 1 aliphatic heterocycles. The van der Waals surface area contributed by atoms with E-state index in [1.54, 1.807) is 0 Å². The molecule has 0 amide bonds. The molecule has 1 aliphatic rings. The Kier molecular flexibility index (Phi) is 7.49. The third kappa shape index (κ3) is 6.55. The molecule has 2 N–H and O–H groups in total. The van der Waals surface area contributed by atoms with Gasteiger partial charge in [-0.2, -0.15) is 0 Å². The molecule has 120 valence electrons. The summed E-state index contributed by atoms with van der Waals surface area (Å²) >= 11 is 0. The Morgan fingerprint density at radius 1 is 1.30 bits per heavy atom. The number of hydrogen-bond acceptors (Lipinski definition) is 3. The molecule has 0 radical (unpaired) electrons. The molecule has 0 aromatic carbocycles. The first-order valence-electron chi connectivity index (χ1n) is 8.44. The fourth-order valence-corrected chi connectivity index (χ4v) is 3.41. The number of hydrogen-bond donors (Lipinski definition) is 2. The maximum atomic E-state index is 8.93. The van der Waals surface area contributed by atoms with Gasteiger partial charge in [0.15, 0.2) is 0 Å². The van der Waals surface area contributed by atoms with Crippen molar-refractivity contribution in [1.82, 2.24) is 10.2 Å². The zero-order chi connectivity index (χ0) is 15.2. The summed E-state index contributed by atoms with van der Waals surface area (Å²) in [6.07, 6.45) is 4.68. The van der Waals surface area contributed by atoms with Crippen LogP contribution in [0.15, 0.2) is 0 Å². The second-order valence-electron chi connectivity index (χ2n) is 7.81. The van der Waals surface area contributed by atoms with Crippen LogP contribution in [-0.4, -0.2) is 48.3 Å². The molecule has 1 rings (SSSR count). The summed E-state index contributed by atoms with van der Waals surface area (Å²) in [6, 6.07) is 1.27. The molecule has 3 nitrogen and oxygen atoms in total. The summed E-state index contributed by atoms with van der Waals surface area (Å²) < 4.78 is 0. The first-order valence-corrected chi connectivity index (χ1v) is 8.44. The Balaban J connectivity index is 2.57. The standard InChI is InChI=1S/C17H36N2O/c1-6-14(2)19-12-15(11-17(3,4)5)10-16(13-19)18-8-7-9-20/h14-16,18,20H,6-13H2,1-5H3. The summed E-state index contributed by atoms with van der Waals surface area (Å²) in [5.41, 5.74) is 0.415. The van der Waals surface area contributed by atoms with E-state index < -0.39 is 0 Å². The lowest BCUT2D eigenvalue weighted by Crippen LogP contribution is -2.52. The summed E-state index contributed by atoms with van der Waals surface area (Å²) in [6.45, 7) is 15.3. The minimum Gasteiger partial charge on any atom is -0.396 e. The predicted molar refractivity (Wildman–Crippen MR) is 87.0 cm³/mol. The van der Waals surface area contributed by atoms with Gasteiger partial charge in [-0.15, -0.1) is 0 Å². The minimum atomic E-state index is 0.292. The normalized spacial score (nSPS) is 26.7. The van der Waals surface area contributed by atoms with Gasteiger partial charge in [0.25, 0.3) is 0 Å². The largest absolute Gasteiger partial charge is 0.396 e. The minimum absolute atomic E-state index is 0.292. The van der Waals surface area contributed by atoms with E-state index in [1.807, 2.05) is 0 Å². The molecule has 0 aliphatic carbocycles. The Morgan fingerprint density at radius 3 is 2.55 bits per heavy atom. The maximum Gasteiger partial charge on any atom is 0.0443 e. The van der Waals surface area contributed by atoms with E-state index in [-0.39, 0.29) is 0 Å². The highest BCUT2D eigenvalue weighted by Gasteiger charge is 2.31. The van der Waals surface area contributed by atoms with E-state index in [0.29, 0.717) is 24.1 Å². The first-order chi connectivity index (χ1) is 9.35. The lowest BCUT2D eigenvalue weighted by atomic mass is 9.79. The molecule has 0 aromatic heterocycles. The zero-order valence-corrected chi connectivity index (χ0v) is 14.3. The molecule has 1 heterocycles. The second-order valence-corrected chi connectivity index (χ2v) is 7.81. The van der Waals surface area contributed by atoms with E-state index in [2.05, 4.69) is 44.8 Å². The fraction of sp³-hybridized carbons (Fsp3) is 1.00. The van der Waals surface area contributed by atoms with Crippen LogP contribution in [0.5, 0.6) is 0 Å². The van der Waals surface area contributed by atoms with Gasteiger partial charge in [-0.05, 0) is 50.5 Å². The van der Waals surface area contributed by atoms with Crippen molar-refractivity contribution in [2.24, 2.45) is 11.3 Å². The lowest BCUT2D eigenvalue weighted by molar-refractivity contribution is 0.0822. The van der Waals surface area contributed by atoms with Crippen LogP contribution in [0.1, 0.15) is 60.3 Å². The van der Waals surface area contributed by atoms with Gasteiger partial charge in [-0.3, -0.25) is 4.90 Å². The summed E-state index contributed by atoms with van der Waals surface area (Å²) in [5, 5.41) is 12.6. The molecule has 0 aromatic rings. The van der Waals surface area contributed by atoms with Crippen molar-refractivity contribution in [3.05, 3.63) is 0 Å². The number of nitrogens with one attached hydrogen (secondary N) is 1. The van der Waals surface area contributed by atoms with E-state index in [1.165, 1.54) is 32.4 Å². The molecule has 0 spiro atoms. The van der Waals surface area contributed by atoms with E-state index in [4.69, 9.17) is 5.11 Å². The molecule has 0 bridgehead atoms. The average Bonchev–Trinajstić information content (AvgIpc) is 2.36. The summed E-state index contributed by atoms with van der Waals surface area (Å²) in [7, 11) is 0. The van der Waals surface area contributed by atoms with Crippen LogP contribution < -0.4 is 5.32 Å². The number of aliphatic hydroxyl groups is 1. The molecule has 3 heteroatoms. The smallest absolute Gasteiger partial charge is 0.0443 e. The molecule has 3 unspecified atom stereocenters. The highest BCUT2D eigenvalue weighted by atomic mass is 16.3. The third-order valence-electron chi connectivity index (χ3n) is 4.45. The van der Waals surface area contributed by atoms with Crippen molar-refractivity contribution in [2.75, 3.05) is 26.2 Å². The Bertz CT molecular complexity index is 262. The quantitative estimate of drug-likeness (QED) is 0.706. The lowest BCUT2D eigenvalue weighted by Gasteiger charge is -2.43. The zero-order valence-electron chi connectivity index (χ0n) is 14.3. The SMILES string of the molecule is CCC(C)N1CC(CC(C)(C)C)CC(NCCCO)C1. The molecule has 1 saturated heterocycles. The van der Waals surface area contributed by atoms with Crippen molar-refractivity contribution in [1.29, 1.82) is 0 Å². The van der Waals surface area contributed by atoms with Crippen LogP contribution in [0.4, 0.5) is 0 Å². The van der Waals surface area contributed by atoms with Crippen LogP contribution in [0.3, 0.4) is 0 Å². The van der Waals surface area contributed by atoms with E-state index >= 15 is 0 Å². The van der Waals surface area contributed by atoms with Crippen LogP contribution in [0.2, 0.25) is 0 Å². The highest BCUT2D eigenvalue weighted by molar-refractivity contribution is 4.87. The first kappa shape index (κ1) is 17.9. The van der Waals surface area contributed by atoms with Crippen LogP contribution in [0.25, 0.3) is 0 Å². The van der Waals surface area contributed by atoms with Crippen LogP contribution in [-0.2, 0) is 0 Å². The Labute approximate surface area is 126 Å². The van der Waals surface area contributed by atoms with Crippen molar-refractivity contribution in [3.8, 4) is 0 Å². The van der Waals surface area contributed by atoms with Gasteiger partial charge in [0.05, 0.1) is 0 Å². The summed E-state index contributed by atoms with van der Waals surface area (Å²) in [5.74, 6) is 0.796. The van der Waals surface area contributed by atoms with E-state index in [9.17, 15) is 0 Å². The van der Waals surface area contributed by atoms with Crippen molar-refractivity contribution in [2.45, 2.75) is 72.4 Å². The molecular weight excluding hydrogens is 248 g/mol. The number of piperidine rings is 1. The number of nitrogens with zero attached hydrogens (tertiary/aromatic N) is 1. The molecule has 20 heavy (non-hydrogen) atoms. The highest BCUT2D eigenvalue weighted by Crippen LogP contribution is 2.31. The number of aliphatic hydroxyl groups excluding tert-OH is 1. The van der Waals surface area contributed by atoms with Gasteiger partial charge in [-0.1, -0.05) is 27.7 Å². The molecular formula is C17H36N2O. The Hall–Kier alpha value is -0.120. The fourth-order valence-electron chi connectivity index (χ4n) is 3.41. The van der Waals surface area contributed by atoms with Gasteiger partial charge >= 0.3 is 0 Å². The van der Waals surface area contributed by atoms with Crippen LogP contribution >= 0.6 is 0 Å². The van der Waals surface area contributed by atoms with Crippen molar-refractivity contribution in [3.63, 3.8) is 0 Å². The number of rotatable bonds is 7. The van der Waals surface area contributed by atoms with Gasteiger partial charge in [-0.25, -0.2) is 0 Å². The van der Waals surface area contributed by atoms with Gasteiger partial charge in [0, 0.05) is 31.8 Å². The van der Waals surface area contributed by atoms with Crippen molar-refractivity contribution >= 4 is 0 Å². The third-order valence-corrected chi connectivity index (χ3v) is 4.45. The summed E-state index contributed by atoms with van der Waals surface area (Å²) in [4.78, 5) is 2.66. The van der Waals surface area contributed by atoms with Gasteiger partial charge in [0.1, 0.15) is 0 Å². The van der Waals surface area contributed by atoms with Crippen LogP contribution in [0, 0.1) is 11.3 Å². The molecule has 3 atom stereocenters. The molecule has 1 fully saturated rings. The monoisotopic (exact) mass is 284 g/mol. The average molecular weight is 284 g/mol. The van der Waals surface area contributed by atoms with Gasteiger partial charge in [0.2, 0.25) is 0 Å². The van der Waals surface area contributed by atoms with Crippen molar-refractivity contribution < 1.29 is 5.11 Å². The predicted octanol–water partition coefficient (Wildman–Crippen LogP) is 2.88. The Morgan fingerprint density at radius 2 is 2.00 bits per heavy atom. The van der Waals surface area contributed by atoms with Gasteiger partial charge < -0.3 is 10.4 Å². The van der Waals surface area contributed by atoms with E-state index in [0.717, 1.165) is 18.9 Å². The maximum absolute atomic E-state index is 8.93. The number of likely N-dealkylation sites (tertiary alicyclic amines) is 1. The molecule has 0 saturated carbocycles.